The number of aliphatic hydroxyl groups excluding tert-OH is 2. The zero-order valence-corrected chi connectivity index (χ0v) is 29.4. The number of ether oxygens (including phenoxy) is 1. The number of primary amides is 1. The number of aliphatic hydroxyl groups is 3. The summed E-state index contributed by atoms with van der Waals surface area (Å²) >= 11 is 7.35. The molecule has 11 heteroatoms. The highest BCUT2D eigenvalue weighted by molar-refractivity contribution is 6.33. The van der Waals surface area contributed by atoms with E-state index in [4.69, 9.17) is 22.1 Å². The van der Waals surface area contributed by atoms with Crippen molar-refractivity contribution in [3.05, 3.63) is 116 Å². The Morgan fingerprint density at radius 1 is 1.08 bits per heavy atom. The number of hydrogen-bond acceptors (Lipinski definition) is 9. The first-order chi connectivity index (χ1) is 24.5. The van der Waals surface area contributed by atoms with Crippen LogP contribution in [-0.4, -0.2) is 74.4 Å². The Kier molecular flexibility index (Phi) is 9.30. The van der Waals surface area contributed by atoms with Gasteiger partial charge < -0.3 is 25.8 Å². The summed E-state index contributed by atoms with van der Waals surface area (Å²) in [6.45, 7) is 3.94. The molecule has 3 aromatic rings. The smallest absolute Gasteiger partial charge is 0.255 e. The number of benzene rings is 3. The van der Waals surface area contributed by atoms with E-state index in [2.05, 4.69) is 17.0 Å². The average Bonchev–Trinajstić information content (AvgIpc) is 3.58. The fourth-order valence-corrected chi connectivity index (χ4v) is 9.03. The minimum absolute atomic E-state index is 0.0273. The molecule has 1 unspecified atom stereocenters. The summed E-state index contributed by atoms with van der Waals surface area (Å²) in [6, 6.07) is 20.5. The number of carbonyl (C=O) groups excluding carboxylic acids is 3. The van der Waals surface area contributed by atoms with E-state index in [0.29, 0.717) is 22.9 Å². The van der Waals surface area contributed by atoms with Gasteiger partial charge in [-0.05, 0) is 80.1 Å². The zero-order chi connectivity index (χ0) is 36.2. The number of ketones is 2. The number of carbonyl (C=O) groups is 3. The van der Waals surface area contributed by atoms with Gasteiger partial charge in [0, 0.05) is 29.1 Å². The topological polar surface area (TPSA) is 154 Å². The van der Waals surface area contributed by atoms with Crippen LogP contribution >= 0.6 is 11.6 Å². The third kappa shape index (κ3) is 5.74. The third-order valence-electron chi connectivity index (χ3n) is 11.3. The summed E-state index contributed by atoms with van der Waals surface area (Å²) in [5.41, 5.74) is 5.76. The number of likely N-dealkylation sites (N-methyl/N-ethyl adjacent to an activating group) is 1. The van der Waals surface area contributed by atoms with E-state index in [1.807, 2.05) is 54.6 Å². The maximum Gasteiger partial charge on any atom is 0.255 e. The Bertz CT molecular complexity index is 1960. The maximum atomic E-state index is 14.5. The van der Waals surface area contributed by atoms with Crippen LogP contribution in [0.5, 0.6) is 5.75 Å². The van der Waals surface area contributed by atoms with Crippen molar-refractivity contribution in [1.29, 1.82) is 0 Å². The lowest BCUT2D eigenvalue weighted by atomic mass is 9.57. The average molecular weight is 712 g/mol. The Hall–Kier alpha value is -4.48. The van der Waals surface area contributed by atoms with Crippen LogP contribution < -0.4 is 10.5 Å². The molecule has 5 N–H and O–H groups in total. The fourth-order valence-electron chi connectivity index (χ4n) is 8.68. The zero-order valence-electron chi connectivity index (χ0n) is 28.6. The first-order valence-corrected chi connectivity index (χ1v) is 17.8. The molecular formula is C40H42ClN3O7. The standard InChI is InChI=1S/C40H42ClN3O7/c1-3-43(2)34-27-18-24-17-26-31(35(45)30(24)37(47)40(27,50)38(48)32(36(34)46)39(42)49)29(51-21-23-13-8-5-9-14-23)19-25(33(26)41)28-15-10-16-44(28)20-22-11-6-4-7-12-22/h4-9,11-14,19,24,27-28,34,45,48,50H,3,10,15-18,20-21H2,1-2H3,(H2,42,49)/t24-,27-,28?,34-,40-/m0/s1. The molecule has 10 nitrogen and oxygen atoms in total. The second-order valence-corrected chi connectivity index (χ2v) is 14.5. The molecule has 7 rings (SSSR count). The van der Waals surface area contributed by atoms with Crippen molar-refractivity contribution in [2.45, 2.75) is 63.4 Å². The summed E-state index contributed by atoms with van der Waals surface area (Å²) in [4.78, 5) is 44.7. The molecule has 3 aliphatic carbocycles. The van der Waals surface area contributed by atoms with Gasteiger partial charge in [0.05, 0.1) is 11.6 Å². The molecule has 1 saturated heterocycles. The quantitative estimate of drug-likeness (QED) is 0.219. The van der Waals surface area contributed by atoms with Crippen molar-refractivity contribution in [3.8, 4) is 5.75 Å². The van der Waals surface area contributed by atoms with Crippen molar-refractivity contribution < 1.29 is 34.4 Å². The summed E-state index contributed by atoms with van der Waals surface area (Å²) in [5.74, 6) is -5.91. The molecule has 1 saturated carbocycles. The molecule has 0 aromatic heterocycles. The lowest BCUT2D eigenvalue weighted by Gasteiger charge is -2.50. The first-order valence-electron chi connectivity index (χ1n) is 17.5. The van der Waals surface area contributed by atoms with Crippen LogP contribution in [0.2, 0.25) is 5.02 Å². The molecule has 1 aliphatic heterocycles. The van der Waals surface area contributed by atoms with Crippen LogP contribution in [0, 0.1) is 11.8 Å². The maximum absolute atomic E-state index is 14.5. The third-order valence-corrected chi connectivity index (χ3v) is 11.7. The van der Waals surface area contributed by atoms with Gasteiger partial charge in [-0.15, -0.1) is 0 Å². The van der Waals surface area contributed by atoms with Gasteiger partial charge in [-0.1, -0.05) is 79.2 Å². The molecule has 2 fully saturated rings. The molecule has 1 amide bonds. The van der Waals surface area contributed by atoms with Crippen LogP contribution in [0.3, 0.4) is 0 Å². The SMILES string of the molecule is CCN(C)[C@@H]1C(=O)C(C(N)=O)=C(O)[C@@]2(O)C(=O)C3=C(O)c4c(OCc5ccccc5)cc(C5CCCN5Cc5ccccc5)c(Cl)c4C[C@H]3C[C@@H]12. The summed E-state index contributed by atoms with van der Waals surface area (Å²) in [5, 5.41) is 36.0. The Balaban J connectivity index is 1.37. The molecule has 266 valence electrons. The van der Waals surface area contributed by atoms with Crippen molar-refractivity contribution in [3.63, 3.8) is 0 Å². The van der Waals surface area contributed by atoms with E-state index in [0.717, 1.165) is 37.1 Å². The number of likely N-dealkylation sites (tertiary alicyclic amines) is 1. The summed E-state index contributed by atoms with van der Waals surface area (Å²) < 4.78 is 6.45. The first kappa shape index (κ1) is 34.9. The van der Waals surface area contributed by atoms with E-state index in [-0.39, 0.29) is 36.6 Å². The molecule has 0 spiro atoms. The number of Topliss-reactive ketones (excluding diaryl/α,β-unsaturated/α-hetero) is 2. The molecule has 0 bridgehead atoms. The van der Waals surface area contributed by atoms with Crippen molar-refractivity contribution in [2.75, 3.05) is 20.1 Å². The van der Waals surface area contributed by atoms with E-state index in [9.17, 15) is 29.7 Å². The van der Waals surface area contributed by atoms with Gasteiger partial charge >= 0.3 is 0 Å². The molecule has 51 heavy (non-hydrogen) atoms. The Labute approximate surface area is 301 Å². The van der Waals surface area contributed by atoms with Crippen molar-refractivity contribution in [2.24, 2.45) is 17.6 Å². The van der Waals surface area contributed by atoms with Crippen LogP contribution in [0.1, 0.15) is 60.0 Å². The van der Waals surface area contributed by atoms with Crippen LogP contribution in [-0.2, 0) is 34.0 Å². The summed E-state index contributed by atoms with van der Waals surface area (Å²) in [7, 11) is 1.65. The molecule has 3 aromatic carbocycles. The number of amides is 1. The fraction of sp³-hybridized carbons (Fsp3) is 0.375. The van der Waals surface area contributed by atoms with Crippen LogP contribution in [0.25, 0.3) is 5.76 Å². The van der Waals surface area contributed by atoms with Gasteiger partial charge in [0.2, 0.25) is 5.78 Å². The molecule has 0 radical (unpaired) electrons. The summed E-state index contributed by atoms with van der Waals surface area (Å²) in [6.07, 6.45) is 2.11. The number of hydrogen-bond donors (Lipinski definition) is 4. The van der Waals surface area contributed by atoms with E-state index < -0.39 is 58.0 Å². The molecule has 1 heterocycles. The normalized spacial score (nSPS) is 26.3. The largest absolute Gasteiger partial charge is 0.508 e. The van der Waals surface area contributed by atoms with Gasteiger partial charge in [0.1, 0.15) is 29.4 Å². The molecule has 5 atom stereocenters. The number of fused-ring (bicyclic) bond motifs is 3. The van der Waals surface area contributed by atoms with Crippen LogP contribution in [0.15, 0.2) is 83.6 Å². The van der Waals surface area contributed by atoms with Gasteiger partial charge in [0.15, 0.2) is 11.4 Å². The molecule has 4 aliphatic rings. The highest BCUT2D eigenvalue weighted by Crippen LogP contribution is 2.55. The lowest BCUT2D eigenvalue weighted by Crippen LogP contribution is -2.66. The van der Waals surface area contributed by atoms with Gasteiger partial charge in [0.25, 0.3) is 5.91 Å². The number of rotatable bonds is 9. The predicted molar refractivity (Wildman–Crippen MR) is 192 cm³/mol. The van der Waals surface area contributed by atoms with E-state index in [1.54, 1.807) is 18.9 Å². The number of nitrogens with zero attached hydrogens (tertiary/aromatic N) is 2. The van der Waals surface area contributed by atoms with Crippen molar-refractivity contribution >= 4 is 34.8 Å². The molecular weight excluding hydrogens is 670 g/mol. The van der Waals surface area contributed by atoms with Gasteiger partial charge in [-0.2, -0.15) is 0 Å². The highest BCUT2D eigenvalue weighted by Gasteiger charge is 2.64. The monoisotopic (exact) mass is 711 g/mol. The second kappa shape index (κ2) is 13.6. The highest BCUT2D eigenvalue weighted by atomic mass is 35.5. The van der Waals surface area contributed by atoms with Gasteiger partial charge in [-0.3, -0.25) is 24.2 Å². The minimum atomic E-state index is -2.67. The Morgan fingerprint density at radius 3 is 2.39 bits per heavy atom. The second-order valence-electron chi connectivity index (χ2n) is 14.1. The van der Waals surface area contributed by atoms with Gasteiger partial charge in [-0.25, -0.2) is 0 Å². The number of halogens is 1. The number of nitrogens with two attached hydrogens (primary N) is 1. The van der Waals surface area contributed by atoms with Crippen molar-refractivity contribution in [1.82, 2.24) is 9.80 Å². The minimum Gasteiger partial charge on any atom is -0.508 e. The van der Waals surface area contributed by atoms with E-state index >= 15 is 0 Å². The predicted octanol–water partition coefficient (Wildman–Crippen LogP) is 5.22. The Morgan fingerprint density at radius 2 is 1.75 bits per heavy atom. The van der Waals surface area contributed by atoms with Crippen LogP contribution in [0.4, 0.5) is 0 Å². The van der Waals surface area contributed by atoms with E-state index in [1.165, 1.54) is 5.56 Å². The lowest BCUT2D eigenvalue weighted by molar-refractivity contribution is -0.154.